The third kappa shape index (κ3) is 4.80. The van der Waals surface area contributed by atoms with Crippen molar-refractivity contribution in [2.24, 2.45) is 0 Å². The molecule has 1 aliphatic rings. The summed E-state index contributed by atoms with van der Waals surface area (Å²) < 4.78 is 1.65. The number of carbonyl (C=O) groups excluding carboxylic acids is 1. The van der Waals surface area contributed by atoms with Gasteiger partial charge < -0.3 is 9.80 Å². The van der Waals surface area contributed by atoms with Crippen molar-refractivity contribution in [1.82, 2.24) is 24.8 Å². The van der Waals surface area contributed by atoms with Crippen molar-refractivity contribution in [3.63, 3.8) is 0 Å². The molecule has 3 rings (SSSR count). The normalized spacial score (nSPS) is 15.3. The van der Waals surface area contributed by atoms with Gasteiger partial charge in [0, 0.05) is 25.2 Å². The Morgan fingerprint density at radius 1 is 1.24 bits per heavy atom. The Hall–Kier alpha value is -1.92. The highest BCUT2D eigenvalue weighted by Gasteiger charge is 2.17. The molecular weight excluding hydrogens is 338 g/mol. The lowest BCUT2D eigenvalue weighted by molar-refractivity contribution is 0.0767. The van der Waals surface area contributed by atoms with Crippen molar-refractivity contribution in [1.29, 1.82) is 0 Å². The van der Waals surface area contributed by atoms with E-state index in [2.05, 4.69) is 15.2 Å². The zero-order valence-electron chi connectivity index (χ0n) is 14.6. The van der Waals surface area contributed by atoms with Gasteiger partial charge in [-0.25, -0.2) is 4.68 Å². The minimum atomic E-state index is -0.0950. The molecule has 0 unspecified atom stereocenters. The third-order valence-corrected chi connectivity index (χ3v) is 4.96. The van der Waals surface area contributed by atoms with E-state index in [1.165, 1.54) is 19.3 Å². The molecule has 0 spiro atoms. The standard InChI is InChI=1S/C18H24ClN5O/c1-22(11-12-23-9-5-2-6-10-23)18(25)17-14-24(21-20-17)13-15-7-3-4-8-16(15)19/h3-4,7-8,14H,2,5-6,9-13H2,1H3. The SMILES string of the molecule is CN(CCN1CCCCC1)C(=O)c1cn(Cc2ccccc2Cl)nn1. The van der Waals surface area contributed by atoms with E-state index < -0.39 is 0 Å². The van der Waals surface area contributed by atoms with Crippen molar-refractivity contribution in [3.8, 4) is 0 Å². The molecule has 1 aromatic carbocycles. The lowest BCUT2D eigenvalue weighted by Crippen LogP contribution is -2.38. The van der Waals surface area contributed by atoms with Gasteiger partial charge in [-0.15, -0.1) is 5.10 Å². The summed E-state index contributed by atoms with van der Waals surface area (Å²) in [5.74, 6) is -0.0950. The maximum atomic E-state index is 12.5. The number of nitrogens with zero attached hydrogens (tertiary/aromatic N) is 5. The summed E-state index contributed by atoms with van der Waals surface area (Å²) >= 11 is 6.17. The van der Waals surface area contributed by atoms with Crippen LogP contribution in [0.4, 0.5) is 0 Å². The lowest BCUT2D eigenvalue weighted by atomic mass is 10.1. The molecule has 1 fully saturated rings. The van der Waals surface area contributed by atoms with E-state index in [0.29, 0.717) is 23.8 Å². The number of aromatic nitrogens is 3. The summed E-state index contributed by atoms with van der Waals surface area (Å²) in [5.41, 5.74) is 1.32. The van der Waals surface area contributed by atoms with Crippen LogP contribution in [0.25, 0.3) is 0 Å². The highest BCUT2D eigenvalue weighted by Crippen LogP contribution is 2.16. The van der Waals surface area contributed by atoms with Crippen LogP contribution in [0, 0.1) is 0 Å². The molecule has 25 heavy (non-hydrogen) atoms. The van der Waals surface area contributed by atoms with Crippen LogP contribution < -0.4 is 0 Å². The van der Waals surface area contributed by atoms with Gasteiger partial charge in [-0.1, -0.05) is 41.4 Å². The van der Waals surface area contributed by atoms with Crippen molar-refractivity contribution in [2.75, 3.05) is 33.2 Å². The Kier molecular flexibility index (Phi) is 6.04. The fourth-order valence-corrected chi connectivity index (χ4v) is 3.24. The second-order valence-electron chi connectivity index (χ2n) is 6.52. The van der Waals surface area contributed by atoms with E-state index in [1.807, 2.05) is 31.3 Å². The largest absolute Gasteiger partial charge is 0.339 e. The van der Waals surface area contributed by atoms with Crippen LogP contribution in [0.5, 0.6) is 0 Å². The van der Waals surface area contributed by atoms with E-state index in [4.69, 9.17) is 11.6 Å². The Bertz CT molecular complexity index is 711. The number of carbonyl (C=O) groups is 1. The quantitative estimate of drug-likeness (QED) is 0.793. The number of hydrogen-bond donors (Lipinski definition) is 0. The average Bonchev–Trinajstić information content (AvgIpc) is 3.10. The van der Waals surface area contributed by atoms with Crippen LogP contribution in [0.2, 0.25) is 5.02 Å². The zero-order chi connectivity index (χ0) is 17.6. The predicted octanol–water partition coefficient (Wildman–Crippen LogP) is 2.54. The monoisotopic (exact) mass is 361 g/mol. The summed E-state index contributed by atoms with van der Waals surface area (Å²) in [6.07, 6.45) is 5.52. The van der Waals surface area contributed by atoms with Crippen LogP contribution in [0.15, 0.2) is 30.5 Å². The van der Waals surface area contributed by atoms with Crippen LogP contribution >= 0.6 is 11.6 Å². The molecule has 0 aliphatic carbocycles. The minimum Gasteiger partial charge on any atom is -0.339 e. The van der Waals surface area contributed by atoms with Crippen molar-refractivity contribution in [2.45, 2.75) is 25.8 Å². The van der Waals surface area contributed by atoms with Crippen LogP contribution in [0.1, 0.15) is 35.3 Å². The van der Waals surface area contributed by atoms with E-state index in [-0.39, 0.29) is 5.91 Å². The summed E-state index contributed by atoms with van der Waals surface area (Å²) in [6, 6.07) is 7.60. The number of amides is 1. The number of likely N-dealkylation sites (tertiary alicyclic amines) is 1. The first-order valence-corrected chi connectivity index (χ1v) is 9.12. The number of benzene rings is 1. The fourth-order valence-electron chi connectivity index (χ4n) is 3.05. The van der Waals surface area contributed by atoms with Gasteiger partial charge in [0.2, 0.25) is 0 Å². The van der Waals surface area contributed by atoms with Crippen molar-refractivity contribution >= 4 is 17.5 Å². The average molecular weight is 362 g/mol. The number of rotatable bonds is 6. The minimum absolute atomic E-state index is 0.0950. The topological polar surface area (TPSA) is 54.3 Å². The number of likely N-dealkylation sites (N-methyl/N-ethyl adjacent to an activating group) is 1. The number of halogens is 1. The van der Waals surface area contributed by atoms with Gasteiger partial charge in [0.05, 0.1) is 12.7 Å². The number of piperidine rings is 1. The zero-order valence-corrected chi connectivity index (χ0v) is 15.3. The van der Waals surface area contributed by atoms with Crippen molar-refractivity contribution < 1.29 is 4.79 Å². The predicted molar refractivity (Wildman–Crippen MR) is 97.8 cm³/mol. The molecule has 0 atom stereocenters. The van der Waals surface area contributed by atoms with Crippen LogP contribution in [-0.2, 0) is 6.54 Å². The van der Waals surface area contributed by atoms with Gasteiger partial charge in [-0.3, -0.25) is 4.79 Å². The molecule has 1 amide bonds. The molecule has 6 nitrogen and oxygen atoms in total. The first-order chi connectivity index (χ1) is 12.1. The second-order valence-corrected chi connectivity index (χ2v) is 6.93. The highest BCUT2D eigenvalue weighted by molar-refractivity contribution is 6.31. The van der Waals surface area contributed by atoms with E-state index in [9.17, 15) is 4.79 Å². The number of hydrogen-bond acceptors (Lipinski definition) is 4. The highest BCUT2D eigenvalue weighted by atomic mass is 35.5. The van der Waals surface area contributed by atoms with E-state index >= 15 is 0 Å². The Labute approximate surface area is 153 Å². The molecule has 0 radical (unpaired) electrons. The first-order valence-electron chi connectivity index (χ1n) is 8.75. The van der Waals surface area contributed by atoms with Gasteiger partial charge in [0.15, 0.2) is 5.69 Å². The molecule has 0 bridgehead atoms. The maximum absolute atomic E-state index is 12.5. The Balaban J connectivity index is 1.55. The van der Waals surface area contributed by atoms with Crippen LogP contribution in [0.3, 0.4) is 0 Å². The van der Waals surface area contributed by atoms with Gasteiger partial charge in [-0.2, -0.15) is 0 Å². The molecule has 2 aromatic rings. The fraction of sp³-hybridized carbons (Fsp3) is 0.500. The van der Waals surface area contributed by atoms with E-state index in [1.54, 1.807) is 15.8 Å². The third-order valence-electron chi connectivity index (χ3n) is 4.59. The molecular formula is C18H24ClN5O. The smallest absolute Gasteiger partial charge is 0.275 e. The summed E-state index contributed by atoms with van der Waals surface area (Å²) in [5, 5.41) is 8.76. The van der Waals surface area contributed by atoms with E-state index in [0.717, 1.165) is 25.2 Å². The molecule has 1 aromatic heterocycles. The molecule has 0 N–H and O–H groups in total. The van der Waals surface area contributed by atoms with Gasteiger partial charge in [0.25, 0.3) is 5.91 Å². The molecule has 2 heterocycles. The Morgan fingerprint density at radius 2 is 2.00 bits per heavy atom. The molecule has 1 aliphatic heterocycles. The summed E-state index contributed by atoms with van der Waals surface area (Å²) in [4.78, 5) is 16.7. The van der Waals surface area contributed by atoms with Gasteiger partial charge >= 0.3 is 0 Å². The van der Waals surface area contributed by atoms with Crippen molar-refractivity contribution in [3.05, 3.63) is 46.7 Å². The first kappa shape index (κ1) is 17.9. The lowest BCUT2D eigenvalue weighted by Gasteiger charge is -2.28. The van der Waals surface area contributed by atoms with Gasteiger partial charge in [0.1, 0.15) is 0 Å². The molecule has 7 heteroatoms. The summed E-state index contributed by atoms with van der Waals surface area (Å²) in [7, 11) is 1.82. The molecule has 0 saturated carbocycles. The van der Waals surface area contributed by atoms with Gasteiger partial charge in [-0.05, 0) is 37.6 Å². The molecule has 134 valence electrons. The second kappa shape index (κ2) is 8.45. The Morgan fingerprint density at radius 3 is 2.76 bits per heavy atom. The molecule has 1 saturated heterocycles. The maximum Gasteiger partial charge on any atom is 0.275 e. The van der Waals surface area contributed by atoms with Crippen LogP contribution in [-0.4, -0.2) is 63.9 Å². The summed E-state index contributed by atoms with van der Waals surface area (Å²) in [6.45, 7) is 4.38.